The van der Waals surface area contributed by atoms with Crippen LogP contribution in [0.4, 0.5) is 11.4 Å². The van der Waals surface area contributed by atoms with Crippen LogP contribution in [-0.4, -0.2) is 18.1 Å². The molecule has 7 heteroatoms. The second-order valence-corrected chi connectivity index (χ2v) is 7.37. The van der Waals surface area contributed by atoms with Crippen LogP contribution < -0.4 is 0 Å². The van der Waals surface area contributed by atoms with Crippen LogP contribution in [0, 0.1) is 13.8 Å². The zero-order valence-electron chi connectivity index (χ0n) is 14.0. The van der Waals surface area contributed by atoms with E-state index in [0.29, 0.717) is 16.9 Å². The van der Waals surface area contributed by atoms with Crippen LogP contribution in [-0.2, 0) is 10.1 Å². The van der Waals surface area contributed by atoms with Crippen LogP contribution in [0.25, 0.3) is 0 Å². The van der Waals surface area contributed by atoms with Gasteiger partial charge in [-0.25, -0.2) is 0 Å². The third-order valence-electron chi connectivity index (χ3n) is 3.68. The van der Waals surface area contributed by atoms with Crippen LogP contribution >= 0.6 is 0 Å². The SMILES string of the molecule is Cc1cc(C)c(S(=O)(=O)O)cc1N=Nc1ccc(O)c(C(C)C)c1. The summed E-state index contributed by atoms with van der Waals surface area (Å²) in [5.74, 6) is 0.330. The van der Waals surface area contributed by atoms with Gasteiger partial charge in [-0.15, -0.1) is 0 Å². The molecule has 2 rings (SSSR count). The second kappa shape index (κ2) is 6.70. The van der Waals surface area contributed by atoms with E-state index >= 15 is 0 Å². The predicted octanol–water partition coefficient (Wildman–Crippen LogP) is 4.79. The van der Waals surface area contributed by atoms with Gasteiger partial charge in [0, 0.05) is 0 Å². The van der Waals surface area contributed by atoms with Gasteiger partial charge < -0.3 is 5.11 Å². The molecular weight excluding hydrogens is 328 g/mol. The number of rotatable bonds is 4. The van der Waals surface area contributed by atoms with E-state index in [9.17, 15) is 18.1 Å². The van der Waals surface area contributed by atoms with Crippen LogP contribution in [0.2, 0.25) is 0 Å². The third kappa shape index (κ3) is 3.98. The van der Waals surface area contributed by atoms with E-state index < -0.39 is 10.1 Å². The number of hydrogen-bond donors (Lipinski definition) is 2. The van der Waals surface area contributed by atoms with Crippen molar-refractivity contribution >= 4 is 21.5 Å². The minimum absolute atomic E-state index is 0.132. The van der Waals surface area contributed by atoms with Crippen LogP contribution in [0.15, 0.2) is 45.5 Å². The van der Waals surface area contributed by atoms with Gasteiger partial charge in [-0.2, -0.15) is 18.6 Å². The lowest BCUT2D eigenvalue weighted by molar-refractivity contribution is 0.465. The summed E-state index contributed by atoms with van der Waals surface area (Å²) in [6.45, 7) is 7.30. The molecule has 0 heterocycles. The Balaban J connectivity index is 2.45. The smallest absolute Gasteiger partial charge is 0.294 e. The van der Waals surface area contributed by atoms with Gasteiger partial charge in [0.25, 0.3) is 10.1 Å². The first-order valence-corrected chi connectivity index (χ1v) is 8.87. The van der Waals surface area contributed by atoms with Gasteiger partial charge in [0.2, 0.25) is 0 Å². The fourth-order valence-electron chi connectivity index (χ4n) is 2.39. The fourth-order valence-corrected chi connectivity index (χ4v) is 3.11. The average Bonchev–Trinajstić information content (AvgIpc) is 2.46. The Morgan fingerprint density at radius 3 is 2.25 bits per heavy atom. The summed E-state index contributed by atoms with van der Waals surface area (Å²) in [5.41, 5.74) is 2.84. The van der Waals surface area contributed by atoms with E-state index in [-0.39, 0.29) is 16.6 Å². The normalized spacial score (nSPS) is 12.2. The number of aromatic hydroxyl groups is 1. The zero-order valence-corrected chi connectivity index (χ0v) is 14.8. The number of nitrogens with zero attached hydrogens (tertiary/aromatic N) is 2. The first-order chi connectivity index (χ1) is 11.1. The molecule has 0 saturated carbocycles. The summed E-state index contributed by atoms with van der Waals surface area (Å²) in [6, 6.07) is 7.84. The van der Waals surface area contributed by atoms with Crippen molar-refractivity contribution in [2.24, 2.45) is 10.2 Å². The number of benzene rings is 2. The molecule has 2 aromatic rings. The minimum Gasteiger partial charge on any atom is -0.508 e. The highest BCUT2D eigenvalue weighted by Gasteiger charge is 2.15. The lowest BCUT2D eigenvalue weighted by atomic mass is 10.0. The van der Waals surface area contributed by atoms with Crippen molar-refractivity contribution in [2.45, 2.75) is 38.5 Å². The quantitative estimate of drug-likeness (QED) is 0.612. The molecule has 0 bridgehead atoms. The number of aryl methyl sites for hydroxylation is 2. The highest BCUT2D eigenvalue weighted by Crippen LogP contribution is 2.31. The Hall–Kier alpha value is -2.25. The standard InChI is InChI=1S/C17H20N2O4S/c1-10(2)14-8-13(5-6-16(14)20)18-19-15-9-17(24(21,22)23)12(4)7-11(15)3/h5-10,20H,1-4H3,(H,21,22,23). The molecule has 0 aliphatic carbocycles. The lowest BCUT2D eigenvalue weighted by Gasteiger charge is -2.09. The summed E-state index contributed by atoms with van der Waals surface area (Å²) in [6.07, 6.45) is 0. The molecule has 0 aliphatic rings. The highest BCUT2D eigenvalue weighted by atomic mass is 32.2. The largest absolute Gasteiger partial charge is 0.508 e. The van der Waals surface area contributed by atoms with Gasteiger partial charge in [-0.1, -0.05) is 19.9 Å². The molecule has 0 aromatic heterocycles. The summed E-state index contributed by atoms with van der Waals surface area (Å²) in [7, 11) is -4.31. The first kappa shape index (κ1) is 18.1. The topological polar surface area (TPSA) is 99.3 Å². The van der Waals surface area contributed by atoms with Gasteiger partial charge >= 0.3 is 0 Å². The van der Waals surface area contributed by atoms with Crippen molar-refractivity contribution in [3.05, 3.63) is 47.0 Å². The van der Waals surface area contributed by atoms with E-state index in [0.717, 1.165) is 11.1 Å². The van der Waals surface area contributed by atoms with Gasteiger partial charge in [0.05, 0.1) is 16.3 Å². The van der Waals surface area contributed by atoms with Gasteiger partial charge in [0.1, 0.15) is 5.75 Å². The molecule has 2 aromatic carbocycles. The summed E-state index contributed by atoms with van der Waals surface area (Å²) in [4.78, 5) is -0.185. The van der Waals surface area contributed by atoms with Crippen molar-refractivity contribution in [2.75, 3.05) is 0 Å². The van der Waals surface area contributed by atoms with Crippen molar-refractivity contribution in [1.29, 1.82) is 0 Å². The number of hydrogen-bond acceptors (Lipinski definition) is 5. The molecular formula is C17H20N2O4S. The number of phenolic OH excluding ortho intramolecular Hbond substituents is 1. The van der Waals surface area contributed by atoms with Crippen molar-refractivity contribution in [3.63, 3.8) is 0 Å². The second-order valence-electron chi connectivity index (χ2n) is 5.98. The Bertz CT molecular complexity index is 903. The van der Waals surface area contributed by atoms with Crippen LogP contribution in [0.1, 0.15) is 36.5 Å². The zero-order chi connectivity index (χ0) is 18.1. The first-order valence-electron chi connectivity index (χ1n) is 7.43. The third-order valence-corrected chi connectivity index (χ3v) is 4.67. The monoisotopic (exact) mass is 348 g/mol. The van der Waals surface area contributed by atoms with Crippen LogP contribution in [0.5, 0.6) is 5.75 Å². The summed E-state index contributed by atoms with van der Waals surface area (Å²) in [5, 5.41) is 18.0. The maximum absolute atomic E-state index is 11.4. The number of azo groups is 1. The Kier molecular flexibility index (Phi) is 5.05. The Morgan fingerprint density at radius 2 is 1.67 bits per heavy atom. The van der Waals surface area contributed by atoms with Crippen molar-refractivity contribution in [3.8, 4) is 5.75 Å². The maximum Gasteiger partial charge on any atom is 0.294 e. The van der Waals surface area contributed by atoms with Gasteiger partial charge in [0.15, 0.2) is 0 Å². The molecule has 0 spiro atoms. The molecule has 0 unspecified atom stereocenters. The molecule has 0 amide bonds. The summed E-state index contributed by atoms with van der Waals surface area (Å²) >= 11 is 0. The molecule has 0 fully saturated rings. The van der Waals surface area contributed by atoms with E-state index in [1.54, 1.807) is 38.1 Å². The van der Waals surface area contributed by atoms with E-state index in [1.165, 1.54) is 6.07 Å². The van der Waals surface area contributed by atoms with Gasteiger partial charge in [-0.3, -0.25) is 4.55 Å². The molecule has 0 saturated heterocycles. The summed E-state index contributed by atoms with van der Waals surface area (Å²) < 4.78 is 32.1. The maximum atomic E-state index is 11.4. The fraction of sp³-hybridized carbons (Fsp3) is 0.294. The van der Waals surface area contributed by atoms with Crippen molar-refractivity contribution < 1.29 is 18.1 Å². The molecule has 0 atom stereocenters. The Labute approximate surface area is 141 Å². The molecule has 2 N–H and O–H groups in total. The highest BCUT2D eigenvalue weighted by molar-refractivity contribution is 7.85. The average molecular weight is 348 g/mol. The van der Waals surface area contributed by atoms with Crippen LogP contribution in [0.3, 0.4) is 0 Å². The Morgan fingerprint density at radius 1 is 1.00 bits per heavy atom. The predicted molar refractivity (Wildman–Crippen MR) is 92.1 cm³/mol. The molecule has 6 nitrogen and oxygen atoms in total. The van der Waals surface area contributed by atoms with E-state index in [4.69, 9.17) is 0 Å². The minimum atomic E-state index is -4.31. The van der Waals surface area contributed by atoms with Gasteiger partial charge in [-0.05, 0) is 60.7 Å². The number of phenols is 1. The van der Waals surface area contributed by atoms with E-state index in [1.807, 2.05) is 13.8 Å². The van der Waals surface area contributed by atoms with Crippen molar-refractivity contribution in [1.82, 2.24) is 0 Å². The molecule has 24 heavy (non-hydrogen) atoms. The molecule has 0 radical (unpaired) electrons. The van der Waals surface area contributed by atoms with E-state index in [2.05, 4.69) is 10.2 Å². The lowest BCUT2D eigenvalue weighted by Crippen LogP contribution is -2.01. The molecule has 0 aliphatic heterocycles. The molecule has 128 valence electrons.